The lowest BCUT2D eigenvalue weighted by Gasteiger charge is -2.28. The number of hydrogen-bond acceptors (Lipinski definition) is 3. The van der Waals surface area contributed by atoms with E-state index in [0.717, 1.165) is 24.0 Å². The first-order valence-electron chi connectivity index (χ1n) is 7.13. The second-order valence-electron chi connectivity index (χ2n) is 5.26. The number of hydrogen-bond donors (Lipinski definition) is 1. The molecule has 1 aromatic heterocycles. The maximum atomic E-state index is 4.55. The molecule has 1 heterocycles. The summed E-state index contributed by atoms with van der Waals surface area (Å²) in [6, 6.07) is 0.665. The molecule has 0 aliphatic heterocycles. The molecule has 5 heteroatoms. The van der Waals surface area contributed by atoms with Gasteiger partial charge in [-0.2, -0.15) is 16.9 Å². The van der Waals surface area contributed by atoms with Crippen LogP contribution in [0.4, 0.5) is 0 Å². The van der Waals surface area contributed by atoms with Gasteiger partial charge in [0.15, 0.2) is 0 Å². The Labute approximate surface area is 129 Å². The van der Waals surface area contributed by atoms with Gasteiger partial charge in [0.25, 0.3) is 0 Å². The Kier molecular flexibility index (Phi) is 5.78. The molecule has 1 N–H and O–H groups in total. The maximum Gasteiger partial charge on any atom is 0.0739 e. The predicted molar refractivity (Wildman–Crippen MR) is 86.7 cm³/mol. The van der Waals surface area contributed by atoms with Crippen molar-refractivity contribution >= 4 is 27.7 Å². The molecule has 108 valence electrons. The third-order valence-corrected chi connectivity index (χ3v) is 6.10. The van der Waals surface area contributed by atoms with Crippen molar-refractivity contribution in [1.82, 2.24) is 15.1 Å². The second kappa shape index (κ2) is 7.14. The van der Waals surface area contributed by atoms with Gasteiger partial charge in [0.2, 0.25) is 0 Å². The van der Waals surface area contributed by atoms with Gasteiger partial charge < -0.3 is 5.32 Å². The lowest BCUT2D eigenvalue weighted by Crippen LogP contribution is -2.35. The lowest BCUT2D eigenvalue weighted by atomic mass is 9.95. The Morgan fingerprint density at radius 3 is 2.95 bits per heavy atom. The zero-order chi connectivity index (χ0) is 13.8. The van der Waals surface area contributed by atoms with Gasteiger partial charge in [-0.15, -0.1) is 0 Å². The monoisotopic (exact) mass is 345 g/mol. The minimum absolute atomic E-state index is 0.665. The molecule has 0 bridgehead atoms. The van der Waals surface area contributed by atoms with Crippen molar-refractivity contribution in [2.24, 2.45) is 0 Å². The Bertz CT molecular complexity index is 419. The first-order valence-corrected chi connectivity index (χ1v) is 9.21. The third kappa shape index (κ3) is 3.76. The summed E-state index contributed by atoms with van der Waals surface area (Å²) < 4.78 is 3.26. The van der Waals surface area contributed by atoms with Crippen LogP contribution in [-0.4, -0.2) is 27.3 Å². The number of aryl methyl sites for hydroxylation is 2. The highest BCUT2D eigenvalue weighted by Crippen LogP contribution is 2.27. The van der Waals surface area contributed by atoms with Crippen molar-refractivity contribution in [3.8, 4) is 0 Å². The van der Waals surface area contributed by atoms with E-state index in [1.54, 1.807) is 0 Å². The number of rotatable bonds is 5. The Morgan fingerprint density at radius 1 is 1.47 bits per heavy atom. The van der Waals surface area contributed by atoms with Crippen molar-refractivity contribution in [2.75, 3.05) is 6.26 Å². The Morgan fingerprint density at radius 2 is 2.26 bits per heavy atom. The van der Waals surface area contributed by atoms with Gasteiger partial charge >= 0.3 is 0 Å². The number of thioether (sulfide) groups is 1. The zero-order valence-electron chi connectivity index (χ0n) is 12.1. The summed E-state index contributed by atoms with van der Waals surface area (Å²) in [5.41, 5.74) is 2.37. The van der Waals surface area contributed by atoms with E-state index >= 15 is 0 Å². The van der Waals surface area contributed by atoms with Crippen LogP contribution in [0.5, 0.6) is 0 Å². The standard InChI is InChI=1S/C14H24BrN3S/c1-4-18-13(14(15)10(2)17-18)9-16-11-6-5-7-12(8-11)19-3/h11-12,16H,4-9H2,1-3H3. The van der Waals surface area contributed by atoms with Gasteiger partial charge in [0, 0.05) is 24.4 Å². The van der Waals surface area contributed by atoms with Gasteiger partial charge in [-0.05, 0) is 55.3 Å². The number of halogens is 1. The highest BCUT2D eigenvalue weighted by atomic mass is 79.9. The van der Waals surface area contributed by atoms with Crippen LogP contribution in [0.25, 0.3) is 0 Å². The Hall–Kier alpha value is -0.0000000000000000555. The van der Waals surface area contributed by atoms with Gasteiger partial charge in [-0.1, -0.05) is 6.42 Å². The molecule has 0 amide bonds. The number of nitrogens with zero attached hydrogens (tertiary/aromatic N) is 2. The van der Waals surface area contributed by atoms with Crippen LogP contribution in [0.1, 0.15) is 44.0 Å². The average Bonchev–Trinajstić information content (AvgIpc) is 2.72. The van der Waals surface area contributed by atoms with E-state index < -0.39 is 0 Å². The topological polar surface area (TPSA) is 29.9 Å². The van der Waals surface area contributed by atoms with Crippen molar-refractivity contribution in [2.45, 2.75) is 63.9 Å². The van der Waals surface area contributed by atoms with E-state index in [1.165, 1.54) is 35.8 Å². The molecule has 1 aromatic rings. The molecule has 0 radical (unpaired) electrons. The van der Waals surface area contributed by atoms with Crippen molar-refractivity contribution in [1.29, 1.82) is 0 Å². The van der Waals surface area contributed by atoms with Crippen LogP contribution in [0.15, 0.2) is 4.47 Å². The summed E-state index contributed by atoms with van der Waals surface area (Å²) in [7, 11) is 0. The molecule has 0 aromatic carbocycles. The van der Waals surface area contributed by atoms with Gasteiger partial charge in [-0.25, -0.2) is 0 Å². The largest absolute Gasteiger partial charge is 0.308 e. The SMILES string of the molecule is CCn1nc(C)c(Br)c1CNC1CCCC(SC)C1. The number of nitrogens with one attached hydrogen (secondary N) is 1. The van der Waals surface area contributed by atoms with E-state index in [4.69, 9.17) is 0 Å². The average molecular weight is 346 g/mol. The van der Waals surface area contributed by atoms with Gasteiger partial charge in [0.1, 0.15) is 0 Å². The molecule has 0 spiro atoms. The smallest absolute Gasteiger partial charge is 0.0739 e. The minimum atomic E-state index is 0.665. The van der Waals surface area contributed by atoms with Crippen LogP contribution in [0, 0.1) is 6.92 Å². The van der Waals surface area contributed by atoms with Crippen LogP contribution in [0.2, 0.25) is 0 Å². The molecular formula is C14H24BrN3S. The molecule has 2 unspecified atom stereocenters. The van der Waals surface area contributed by atoms with Crippen LogP contribution < -0.4 is 5.32 Å². The van der Waals surface area contributed by atoms with Crippen molar-refractivity contribution < 1.29 is 0 Å². The second-order valence-corrected chi connectivity index (χ2v) is 7.20. The summed E-state index contributed by atoms with van der Waals surface area (Å²) in [5, 5.41) is 9.12. The zero-order valence-corrected chi connectivity index (χ0v) is 14.5. The first kappa shape index (κ1) is 15.4. The van der Waals surface area contributed by atoms with Gasteiger partial charge in [0.05, 0.1) is 15.9 Å². The van der Waals surface area contributed by atoms with E-state index in [9.17, 15) is 0 Å². The summed E-state index contributed by atoms with van der Waals surface area (Å²) in [6.07, 6.45) is 7.59. The molecule has 2 atom stereocenters. The highest BCUT2D eigenvalue weighted by Gasteiger charge is 2.21. The maximum absolute atomic E-state index is 4.55. The predicted octanol–water partition coefficient (Wildman–Crippen LogP) is 3.74. The van der Waals surface area contributed by atoms with Crippen LogP contribution >= 0.6 is 27.7 Å². The fourth-order valence-electron chi connectivity index (χ4n) is 2.82. The normalized spacial score (nSPS) is 23.8. The molecule has 1 saturated carbocycles. The van der Waals surface area contributed by atoms with Crippen LogP contribution in [-0.2, 0) is 13.1 Å². The highest BCUT2D eigenvalue weighted by molar-refractivity contribution is 9.10. The Balaban J connectivity index is 1.95. The van der Waals surface area contributed by atoms with Gasteiger partial charge in [-0.3, -0.25) is 4.68 Å². The van der Waals surface area contributed by atoms with Crippen molar-refractivity contribution in [3.05, 3.63) is 15.9 Å². The van der Waals surface area contributed by atoms with Crippen molar-refractivity contribution in [3.63, 3.8) is 0 Å². The minimum Gasteiger partial charge on any atom is -0.308 e. The quantitative estimate of drug-likeness (QED) is 0.881. The fourth-order valence-corrected chi connectivity index (χ4v) is 4.07. The molecular weight excluding hydrogens is 322 g/mol. The molecule has 2 rings (SSSR count). The van der Waals surface area contributed by atoms with E-state index in [0.29, 0.717) is 6.04 Å². The summed E-state index contributed by atoms with van der Waals surface area (Å²) in [4.78, 5) is 0. The van der Waals surface area contributed by atoms with E-state index in [-0.39, 0.29) is 0 Å². The molecule has 3 nitrogen and oxygen atoms in total. The third-order valence-electron chi connectivity index (χ3n) is 3.97. The van der Waals surface area contributed by atoms with E-state index in [1.807, 2.05) is 11.8 Å². The fraction of sp³-hybridized carbons (Fsp3) is 0.786. The molecule has 19 heavy (non-hydrogen) atoms. The number of aromatic nitrogens is 2. The molecule has 1 aliphatic rings. The summed E-state index contributed by atoms with van der Waals surface area (Å²) >= 11 is 5.68. The molecule has 1 aliphatic carbocycles. The summed E-state index contributed by atoms with van der Waals surface area (Å²) in [5.74, 6) is 0. The first-order chi connectivity index (χ1) is 9.15. The summed E-state index contributed by atoms with van der Waals surface area (Å²) in [6.45, 7) is 6.05. The van der Waals surface area contributed by atoms with Crippen LogP contribution in [0.3, 0.4) is 0 Å². The lowest BCUT2D eigenvalue weighted by molar-refractivity contribution is 0.374. The van der Waals surface area contributed by atoms with E-state index in [2.05, 4.69) is 51.1 Å². The molecule has 0 saturated heterocycles. The molecule has 1 fully saturated rings.